The molecule has 0 fully saturated rings. The molecule has 8 heteroatoms. The van der Waals surface area contributed by atoms with Crippen molar-refractivity contribution in [1.82, 2.24) is 0 Å². The van der Waals surface area contributed by atoms with E-state index in [4.69, 9.17) is 0 Å². The number of benzene rings is 2. The van der Waals surface area contributed by atoms with Gasteiger partial charge in [-0.2, -0.15) is 0 Å². The molecule has 0 saturated heterocycles. The van der Waals surface area contributed by atoms with Crippen molar-refractivity contribution in [2.45, 2.75) is 108 Å². The molecule has 2 aromatic rings. The maximum atomic E-state index is 14.9. The summed E-state index contributed by atoms with van der Waals surface area (Å²) in [6.07, 6.45) is -6.99. The smallest absolute Gasteiger partial charge is 0.127 e. The largest absolute Gasteiger partial charge is 0.394 e. The van der Waals surface area contributed by atoms with Crippen LogP contribution in [0.25, 0.3) is 0 Å². The van der Waals surface area contributed by atoms with Crippen molar-refractivity contribution < 1.29 is 39.4 Å². The second kappa shape index (κ2) is 11.7. The van der Waals surface area contributed by atoms with E-state index in [0.29, 0.717) is 16.7 Å². The number of rotatable bonds is 10. The summed E-state index contributed by atoms with van der Waals surface area (Å²) >= 11 is 0. The van der Waals surface area contributed by atoms with Crippen molar-refractivity contribution >= 4 is 0 Å². The first-order valence-electron chi connectivity index (χ1n) is 13.0. The second-order valence-electron chi connectivity index (χ2n) is 12.5. The highest BCUT2D eigenvalue weighted by atomic mass is 19.1. The minimum Gasteiger partial charge on any atom is -0.394 e. The van der Waals surface area contributed by atoms with Gasteiger partial charge in [-0.3, -0.25) is 0 Å². The quantitative estimate of drug-likeness (QED) is 0.276. The van der Waals surface area contributed by atoms with Crippen LogP contribution < -0.4 is 0 Å². The van der Waals surface area contributed by atoms with E-state index in [1.807, 2.05) is 41.5 Å². The van der Waals surface area contributed by atoms with Gasteiger partial charge in [0.15, 0.2) is 0 Å². The molecule has 0 bridgehead atoms. The lowest BCUT2D eigenvalue weighted by Gasteiger charge is -2.46. The Labute approximate surface area is 224 Å². The van der Waals surface area contributed by atoms with Crippen molar-refractivity contribution in [3.63, 3.8) is 0 Å². The highest BCUT2D eigenvalue weighted by Gasteiger charge is 2.53. The van der Waals surface area contributed by atoms with Gasteiger partial charge < -0.3 is 30.6 Å². The van der Waals surface area contributed by atoms with Crippen molar-refractivity contribution in [2.24, 2.45) is 0 Å². The molecular weight excluding hydrogens is 494 g/mol. The predicted octanol–water partition coefficient (Wildman–Crippen LogP) is 3.29. The van der Waals surface area contributed by atoms with Crippen LogP contribution in [0.4, 0.5) is 8.78 Å². The summed E-state index contributed by atoms with van der Waals surface area (Å²) in [5.74, 6) is -1.03. The molecular formula is C30H44F2O6. The van der Waals surface area contributed by atoms with E-state index in [1.165, 1.54) is 24.3 Å². The molecule has 6 nitrogen and oxygen atoms in total. The van der Waals surface area contributed by atoms with Gasteiger partial charge in [-0.1, -0.05) is 72.7 Å². The summed E-state index contributed by atoms with van der Waals surface area (Å²) in [5, 5.41) is 65.0. The molecule has 6 N–H and O–H groups in total. The maximum absolute atomic E-state index is 14.9. The van der Waals surface area contributed by atoms with Crippen LogP contribution in [0.5, 0.6) is 0 Å². The maximum Gasteiger partial charge on any atom is 0.127 e. The van der Waals surface area contributed by atoms with Gasteiger partial charge in [0.1, 0.15) is 35.5 Å². The minimum absolute atomic E-state index is 0.113. The summed E-state index contributed by atoms with van der Waals surface area (Å²) in [7, 11) is 0. The van der Waals surface area contributed by atoms with Crippen LogP contribution in [-0.4, -0.2) is 66.8 Å². The van der Waals surface area contributed by atoms with Crippen LogP contribution in [0.3, 0.4) is 0 Å². The fourth-order valence-electron chi connectivity index (χ4n) is 4.91. The van der Waals surface area contributed by atoms with Crippen LogP contribution in [0.2, 0.25) is 0 Å². The molecule has 0 aliphatic carbocycles. The van der Waals surface area contributed by atoms with Crippen LogP contribution in [0, 0.1) is 11.6 Å². The van der Waals surface area contributed by atoms with Gasteiger partial charge in [-0.05, 0) is 51.6 Å². The van der Waals surface area contributed by atoms with E-state index >= 15 is 0 Å². The predicted molar refractivity (Wildman–Crippen MR) is 143 cm³/mol. The zero-order valence-corrected chi connectivity index (χ0v) is 23.5. The average molecular weight is 539 g/mol. The molecule has 5 atom stereocenters. The molecule has 0 aliphatic rings. The third-order valence-electron chi connectivity index (χ3n) is 7.34. The molecule has 0 saturated carbocycles. The third kappa shape index (κ3) is 6.97. The first-order valence-corrected chi connectivity index (χ1v) is 13.0. The van der Waals surface area contributed by atoms with E-state index < -0.39 is 65.0 Å². The fraction of sp³-hybridized carbons (Fsp3) is 0.600. The number of halogens is 2. The molecule has 2 aromatic carbocycles. The summed E-state index contributed by atoms with van der Waals surface area (Å²) in [5.41, 5.74) is -4.19. The Hall–Kier alpha value is -1.94. The molecule has 214 valence electrons. The summed E-state index contributed by atoms with van der Waals surface area (Å²) < 4.78 is 29.8. The van der Waals surface area contributed by atoms with Gasteiger partial charge in [0.2, 0.25) is 0 Å². The van der Waals surface area contributed by atoms with Gasteiger partial charge in [-0.15, -0.1) is 0 Å². The second-order valence-corrected chi connectivity index (χ2v) is 12.5. The fourth-order valence-corrected chi connectivity index (χ4v) is 4.91. The van der Waals surface area contributed by atoms with E-state index in [1.54, 1.807) is 19.1 Å². The lowest BCUT2D eigenvalue weighted by molar-refractivity contribution is -0.229. The number of hydrogen-bond donors (Lipinski definition) is 6. The Kier molecular flexibility index (Phi) is 9.90. The lowest BCUT2D eigenvalue weighted by Crippen LogP contribution is -2.66. The molecule has 0 heterocycles. The van der Waals surface area contributed by atoms with Crippen LogP contribution in [-0.2, 0) is 23.7 Å². The van der Waals surface area contributed by atoms with Crippen LogP contribution in [0.15, 0.2) is 36.4 Å². The minimum atomic E-state index is -2.60. The van der Waals surface area contributed by atoms with Crippen molar-refractivity contribution in [1.29, 1.82) is 0 Å². The average Bonchev–Trinajstić information content (AvgIpc) is 2.80. The Morgan fingerprint density at radius 1 is 0.737 bits per heavy atom. The summed E-state index contributed by atoms with van der Waals surface area (Å²) in [6, 6.07) is 8.72. The van der Waals surface area contributed by atoms with Crippen LogP contribution >= 0.6 is 0 Å². The zero-order valence-electron chi connectivity index (χ0n) is 23.5. The van der Waals surface area contributed by atoms with Gasteiger partial charge >= 0.3 is 0 Å². The highest BCUT2D eigenvalue weighted by Crippen LogP contribution is 2.36. The number of aliphatic hydroxyl groups excluding tert-OH is 4. The van der Waals surface area contributed by atoms with Crippen molar-refractivity contribution in [3.8, 4) is 0 Å². The molecule has 2 rings (SSSR count). The van der Waals surface area contributed by atoms with E-state index in [-0.39, 0.29) is 18.4 Å². The molecule has 0 aromatic heterocycles. The van der Waals surface area contributed by atoms with Crippen molar-refractivity contribution in [3.05, 3.63) is 70.3 Å². The molecule has 38 heavy (non-hydrogen) atoms. The monoisotopic (exact) mass is 538 g/mol. The summed E-state index contributed by atoms with van der Waals surface area (Å²) in [4.78, 5) is 0. The number of aliphatic hydroxyl groups is 6. The Bertz CT molecular complexity index is 1090. The Morgan fingerprint density at radius 2 is 1.16 bits per heavy atom. The highest BCUT2D eigenvalue weighted by molar-refractivity contribution is 5.32. The topological polar surface area (TPSA) is 121 Å². The first-order chi connectivity index (χ1) is 17.3. The molecule has 0 radical (unpaired) electrons. The summed E-state index contributed by atoms with van der Waals surface area (Å²) in [6.45, 7) is 11.7. The molecule has 1 unspecified atom stereocenters. The number of hydrogen-bond acceptors (Lipinski definition) is 6. The van der Waals surface area contributed by atoms with E-state index in [9.17, 15) is 39.4 Å². The lowest BCUT2D eigenvalue weighted by atomic mass is 9.71. The van der Waals surface area contributed by atoms with E-state index in [0.717, 1.165) is 0 Å². The van der Waals surface area contributed by atoms with Gasteiger partial charge in [0.05, 0.1) is 12.2 Å². The van der Waals surface area contributed by atoms with E-state index in [2.05, 4.69) is 0 Å². The van der Waals surface area contributed by atoms with Crippen molar-refractivity contribution in [2.75, 3.05) is 6.61 Å². The van der Waals surface area contributed by atoms with Gasteiger partial charge in [-0.25, -0.2) is 8.78 Å². The normalized spacial score (nSPS) is 18.4. The van der Waals surface area contributed by atoms with Gasteiger partial charge in [0, 0.05) is 12.8 Å². The standard InChI is InChI=1S/C30H44F2O6/c1-8-29(37,15-18-9-11-20(22(31)13-18)27(2,3)4)26(36)30(38,25(35)24(34)17-33)16-19-10-12-21(23(32)14-19)28(5,6)7/h9-14,24-26,33-38H,8,15-17H2,1-7H3/t24-,25+,26+,29?,30+/m0/s1. The SMILES string of the molecule is CCC(O)(Cc1ccc(C(C)(C)C)c(F)c1)[C@@H](O)[C@@](O)(Cc1ccc(C(C)(C)C)c(F)c1)[C@H](O)[C@@H](O)CO. The third-order valence-corrected chi connectivity index (χ3v) is 7.34. The van der Waals surface area contributed by atoms with Gasteiger partial charge in [0.25, 0.3) is 0 Å². The molecule has 0 amide bonds. The molecule has 0 aliphatic heterocycles. The Balaban J connectivity index is 2.52. The van der Waals surface area contributed by atoms with Crippen LogP contribution in [0.1, 0.15) is 77.1 Å². The molecule has 0 spiro atoms. The first kappa shape index (κ1) is 32.3. The Morgan fingerprint density at radius 3 is 1.50 bits per heavy atom. The zero-order chi connectivity index (χ0) is 29.3.